The highest BCUT2D eigenvalue weighted by atomic mass is 14.2. The molecule has 0 N–H and O–H groups in total. The Morgan fingerprint density at radius 3 is 2.00 bits per heavy atom. The van der Waals surface area contributed by atoms with Crippen LogP contribution in [0, 0.1) is 11.3 Å². The van der Waals surface area contributed by atoms with Crippen LogP contribution in [-0.4, -0.2) is 0 Å². The summed E-state index contributed by atoms with van der Waals surface area (Å²) in [5, 5.41) is 9.36. The topological polar surface area (TPSA) is 23.8 Å². The molecule has 0 heterocycles. The van der Waals surface area contributed by atoms with Gasteiger partial charge in [0.05, 0.1) is 11.6 Å². The summed E-state index contributed by atoms with van der Waals surface area (Å²) in [6.45, 7) is 2.27. The maximum absolute atomic E-state index is 9.36. The van der Waals surface area contributed by atoms with Gasteiger partial charge < -0.3 is 0 Å². The first-order valence-electron chi connectivity index (χ1n) is 9.44. The molecular formula is C23H29N. The monoisotopic (exact) mass is 319 g/mol. The number of rotatable bonds is 10. The lowest BCUT2D eigenvalue weighted by Gasteiger charge is -2.11. The van der Waals surface area contributed by atoms with Crippen molar-refractivity contribution in [3.05, 3.63) is 59.7 Å². The molecule has 0 aliphatic heterocycles. The Balaban J connectivity index is 1.90. The Labute approximate surface area is 147 Å². The number of hydrogen-bond donors (Lipinski definition) is 0. The van der Waals surface area contributed by atoms with Gasteiger partial charge in [-0.25, -0.2) is 0 Å². The summed E-state index contributed by atoms with van der Waals surface area (Å²) in [6, 6.07) is 18.8. The van der Waals surface area contributed by atoms with Crippen LogP contribution in [0.2, 0.25) is 0 Å². The van der Waals surface area contributed by atoms with Gasteiger partial charge in [0, 0.05) is 0 Å². The van der Waals surface area contributed by atoms with Crippen molar-refractivity contribution in [2.75, 3.05) is 0 Å². The minimum Gasteiger partial charge on any atom is -0.192 e. The van der Waals surface area contributed by atoms with Crippen molar-refractivity contribution in [3.8, 4) is 17.2 Å². The summed E-state index contributed by atoms with van der Waals surface area (Å²) in [6.07, 6.45) is 11.8. The second-order valence-corrected chi connectivity index (χ2v) is 6.54. The molecule has 1 nitrogen and oxygen atoms in total. The molecule has 0 radical (unpaired) electrons. The predicted octanol–water partition coefficient (Wildman–Crippen LogP) is 6.91. The molecule has 0 spiro atoms. The quantitative estimate of drug-likeness (QED) is 0.436. The van der Waals surface area contributed by atoms with Crippen LogP contribution in [0.4, 0.5) is 0 Å². The molecule has 0 saturated heterocycles. The first-order chi connectivity index (χ1) is 11.9. The summed E-state index contributed by atoms with van der Waals surface area (Å²) in [5.74, 6) is 0. The number of aryl methyl sites for hydroxylation is 1. The Morgan fingerprint density at radius 2 is 1.29 bits per heavy atom. The van der Waals surface area contributed by atoms with E-state index in [1.807, 2.05) is 18.2 Å². The highest BCUT2D eigenvalue weighted by Crippen LogP contribution is 2.28. The van der Waals surface area contributed by atoms with Gasteiger partial charge in [0.2, 0.25) is 0 Å². The lowest BCUT2D eigenvalue weighted by Crippen LogP contribution is -1.93. The average Bonchev–Trinajstić information content (AvgIpc) is 2.64. The number of hydrogen-bond acceptors (Lipinski definition) is 1. The highest BCUT2D eigenvalue weighted by Gasteiger charge is 2.08. The molecule has 2 aromatic carbocycles. The number of nitriles is 1. The van der Waals surface area contributed by atoms with Crippen molar-refractivity contribution in [2.24, 2.45) is 0 Å². The molecule has 1 heteroatoms. The van der Waals surface area contributed by atoms with E-state index in [4.69, 9.17) is 0 Å². The van der Waals surface area contributed by atoms with Gasteiger partial charge in [-0.3, -0.25) is 0 Å². The maximum atomic E-state index is 9.36. The van der Waals surface area contributed by atoms with Gasteiger partial charge in [0.25, 0.3) is 0 Å². The Kier molecular flexibility index (Phi) is 8.11. The summed E-state index contributed by atoms with van der Waals surface area (Å²) in [4.78, 5) is 0. The fourth-order valence-corrected chi connectivity index (χ4v) is 3.27. The van der Waals surface area contributed by atoms with E-state index in [2.05, 4.69) is 43.3 Å². The number of benzene rings is 2. The van der Waals surface area contributed by atoms with Crippen molar-refractivity contribution in [3.63, 3.8) is 0 Å². The van der Waals surface area contributed by atoms with E-state index >= 15 is 0 Å². The van der Waals surface area contributed by atoms with E-state index < -0.39 is 0 Å². The zero-order valence-corrected chi connectivity index (χ0v) is 14.9. The van der Waals surface area contributed by atoms with Crippen LogP contribution in [-0.2, 0) is 6.42 Å². The Bertz CT molecular complexity index is 651. The minimum absolute atomic E-state index is 0.765. The Hall–Kier alpha value is -2.07. The Morgan fingerprint density at radius 1 is 0.708 bits per heavy atom. The molecule has 2 aromatic rings. The van der Waals surface area contributed by atoms with Crippen LogP contribution in [0.25, 0.3) is 11.1 Å². The lowest BCUT2D eigenvalue weighted by atomic mass is 9.93. The molecular weight excluding hydrogens is 290 g/mol. The first kappa shape index (κ1) is 18.3. The highest BCUT2D eigenvalue weighted by molar-refractivity contribution is 5.73. The van der Waals surface area contributed by atoms with E-state index in [1.165, 1.54) is 62.5 Å². The summed E-state index contributed by atoms with van der Waals surface area (Å²) in [5.41, 5.74) is 4.42. The third-order valence-corrected chi connectivity index (χ3v) is 4.65. The maximum Gasteiger partial charge on any atom is 0.0998 e. The molecule has 0 atom stereocenters. The molecule has 0 fully saturated rings. The van der Waals surface area contributed by atoms with Crippen LogP contribution in [0.3, 0.4) is 0 Å². The zero-order valence-electron chi connectivity index (χ0n) is 14.9. The van der Waals surface area contributed by atoms with E-state index in [0.29, 0.717) is 0 Å². The average molecular weight is 319 g/mol. The molecule has 126 valence electrons. The van der Waals surface area contributed by atoms with Crippen LogP contribution in [0.15, 0.2) is 48.5 Å². The van der Waals surface area contributed by atoms with E-state index in [0.717, 1.165) is 17.5 Å². The molecule has 0 aromatic heterocycles. The summed E-state index contributed by atoms with van der Waals surface area (Å²) < 4.78 is 0. The van der Waals surface area contributed by atoms with Gasteiger partial charge in [0.1, 0.15) is 0 Å². The van der Waals surface area contributed by atoms with Gasteiger partial charge in [-0.2, -0.15) is 5.26 Å². The molecule has 0 bridgehead atoms. The predicted molar refractivity (Wildman–Crippen MR) is 103 cm³/mol. The molecule has 0 saturated carbocycles. The number of unbranched alkanes of at least 4 members (excludes halogenated alkanes) is 7. The summed E-state index contributed by atoms with van der Waals surface area (Å²) >= 11 is 0. The first-order valence-corrected chi connectivity index (χ1v) is 9.44. The van der Waals surface area contributed by atoms with Crippen molar-refractivity contribution in [1.82, 2.24) is 0 Å². The smallest absolute Gasteiger partial charge is 0.0998 e. The van der Waals surface area contributed by atoms with Gasteiger partial charge in [-0.15, -0.1) is 0 Å². The molecule has 0 amide bonds. The van der Waals surface area contributed by atoms with Gasteiger partial charge in [-0.1, -0.05) is 94.3 Å². The minimum atomic E-state index is 0.765. The molecule has 0 unspecified atom stereocenters. The van der Waals surface area contributed by atoms with Gasteiger partial charge >= 0.3 is 0 Å². The SMILES string of the molecule is CCCCCCCCCCc1ccccc1-c1ccccc1C#N. The third kappa shape index (κ3) is 5.53. The standard InChI is InChI=1S/C23H29N/c1-2-3-4-5-6-7-8-9-14-20-15-10-12-17-22(20)23-18-13-11-16-21(23)19-24/h10-13,15-18H,2-9,14H2,1H3. The fraction of sp³-hybridized carbons (Fsp3) is 0.435. The van der Waals surface area contributed by atoms with Crippen LogP contribution >= 0.6 is 0 Å². The third-order valence-electron chi connectivity index (χ3n) is 4.65. The molecule has 0 aliphatic carbocycles. The van der Waals surface area contributed by atoms with E-state index in [-0.39, 0.29) is 0 Å². The largest absolute Gasteiger partial charge is 0.192 e. The van der Waals surface area contributed by atoms with Crippen molar-refractivity contribution in [2.45, 2.75) is 64.7 Å². The number of nitrogens with zero attached hydrogens (tertiary/aromatic N) is 1. The van der Waals surface area contributed by atoms with Crippen LogP contribution in [0.5, 0.6) is 0 Å². The van der Waals surface area contributed by atoms with Gasteiger partial charge in [-0.05, 0) is 35.6 Å². The molecule has 24 heavy (non-hydrogen) atoms. The van der Waals surface area contributed by atoms with Crippen LogP contribution in [0.1, 0.15) is 69.4 Å². The second-order valence-electron chi connectivity index (χ2n) is 6.54. The zero-order chi connectivity index (χ0) is 17.0. The van der Waals surface area contributed by atoms with Crippen LogP contribution < -0.4 is 0 Å². The summed E-state index contributed by atoms with van der Waals surface area (Å²) in [7, 11) is 0. The van der Waals surface area contributed by atoms with Crippen molar-refractivity contribution >= 4 is 0 Å². The normalized spacial score (nSPS) is 10.5. The van der Waals surface area contributed by atoms with E-state index in [9.17, 15) is 5.26 Å². The van der Waals surface area contributed by atoms with Gasteiger partial charge in [0.15, 0.2) is 0 Å². The lowest BCUT2D eigenvalue weighted by molar-refractivity contribution is 0.575. The van der Waals surface area contributed by atoms with Crippen molar-refractivity contribution < 1.29 is 0 Å². The van der Waals surface area contributed by atoms with Crippen molar-refractivity contribution in [1.29, 1.82) is 5.26 Å². The molecule has 0 aliphatic rings. The fourth-order valence-electron chi connectivity index (χ4n) is 3.27. The molecule has 2 rings (SSSR count). The second kappa shape index (κ2) is 10.7. The van der Waals surface area contributed by atoms with E-state index in [1.54, 1.807) is 0 Å².